The summed E-state index contributed by atoms with van der Waals surface area (Å²) in [5.74, 6) is -0.833. The van der Waals surface area contributed by atoms with Gasteiger partial charge in [0.1, 0.15) is 0 Å². The molecule has 0 aliphatic rings. The molecule has 14 heavy (non-hydrogen) atoms. The lowest BCUT2D eigenvalue weighted by atomic mass is 10.2. The molecule has 0 aromatic heterocycles. The lowest BCUT2D eigenvalue weighted by Crippen LogP contribution is -1.88. The first-order chi connectivity index (χ1) is 6.57. The van der Waals surface area contributed by atoms with Gasteiger partial charge in [0.2, 0.25) is 0 Å². The van der Waals surface area contributed by atoms with Crippen molar-refractivity contribution in [2.75, 3.05) is 0 Å². The Morgan fingerprint density at radius 3 is 2.14 bits per heavy atom. The Kier molecular flexibility index (Phi) is 6.15. The highest BCUT2D eigenvalue weighted by atomic mass is 35.5. The second kappa shape index (κ2) is 6.91. The summed E-state index contributed by atoms with van der Waals surface area (Å²) in [6.07, 6.45) is 0. The van der Waals surface area contributed by atoms with Gasteiger partial charge in [-0.1, -0.05) is 47.1 Å². The summed E-state index contributed by atoms with van der Waals surface area (Å²) in [5.41, 5.74) is 0.715. The molecule has 1 aromatic rings. The van der Waals surface area contributed by atoms with Gasteiger partial charge in [-0.3, -0.25) is 4.79 Å². The van der Waals surface area contributed by atoms with E-state index in [1.54, 1.807) is 12.1 Å². The van der Waals surface area contributed by atoms with Crippen molar-refractivity contribution in [3.8, 4) is 0 Å². The Morgan fingerprint density at radius 1 is 1.36 bits per heavy atom. The fraction of sp³-hybridized carbons (Fsp3) is 0.111. The SMILES string of the molecule is CC(=O)O.ON=C(Cl)c1ccccc1. The number of carbonyl (C=O) groups is 1. The first-order valence-corrected chi connectivity index (χ1v) is 4.08. The van der Waals surface area contributed by atoms with Crippen LogP contribution in [0, 0.1) is 0 Å². The lowest BCUT2D eigenvalue weighted by molar-refractivity contribution is -0.134. The minimum absolute atomic E-state index is 0.112. The smallest absolute Gasteiger partial charge is 0.300 e. The fourth-order valence-electron chi connectivity index (χ4n) is 0.633. The third-order valence-corrected chi connectivity index (χ3v) is 1.39. The van der Waals surface area contributed by atoms with Gasteiger partial charge in [0.25, 0.3) is 5.97 Å². The third-order valence-electron chi connectivity index (χ3n) is 1.10. The number of rotatable bonds is 1. The molecule has 0 unspecified atom stereocenters. The standard InChI is InChI=1S/C7H6ClNO.C2H4O2/c8-7(9-10)6-4-2-1-3-5-6;1-2(3)4/h1-5,10H;1H3,(H,3,4). The third kappa shape index (κ3) is 6.02. The molecule has 2 N–H and O–H groups in total. The predicted molar refractivity (Wildman–Crippen MR) is 53.9 cm³/mol. The minimum Gasteiger partial charge on any atom is -0.481 e. The highest BCUT2D eigenvalue weighted by Gasteiger charge is 1.95. The molecule has 0 radical (unpaired) electrons. The average molecular weight is 216 g/mol. The summed E-state index contributed by atoms with van der Waals surface area (Å²) in [6.45, 7) is 1.08. The number of hydrogen-bond donors (Lipinski definition) is 2. The Bertz CT molecular complexity index is 307. The van der Waals surface area contributed by atoms with Crippen molar-refractivity contribution in [2.45, 2.75) is 6.92 Å². The van der Waals surface area contributed by atoms with Gasteiger partial charge < -0.3 is 10.3 Å². The maximum Gasteiger partial charge on any atom is 0.300 e. The van der Waals surface area contributed by atoms with E-state index in [2.05, 4.69) is 5.16 Å². The molecule has 1 aromatic carbocycles. The van der Waals surface area contributed by atoms with E-state index in [1.807, 2.05) is 18.2 Å². The van der Waals surface area contributed by atoms with Crippen molar-refractivity contribution in [1.82, 2.24) is 0 Å². The van der Waals surface area contributed by atoms with Crippen LogP contribution in [0.25, 0.3) is 0 Å². The van der Waals surface area contributed by atoms with Crippen LogP contribution in [-0.2, 0) is 4.79 Å². The number of nitrogens with zero attached hydrogens (tertiary/aromatic N) is 1. The van der Waals surface area contributed by atoms with Gasteiger partial charge in [-0.05, 0) is 0 Å². The number of halogens is 1. The Morgan fingerprint density at radius 2 is 1.79 bits per heavy atom. The normalized spacial score (nSPS) is 10.0. The van der Waals surface area contributed by atoms with E-state index in [4.69, 9.17) is 26.7 Å². The van der Waals surface area contributed by atoms with Crippen LogP contribution in [0.3, 0.4) is 0 Å². The highest BCUT2D eigenvalue weighted by Crippen LogP contribution is 2.02. The predicted octanol–water partition coefficient (Wildman–Crippen LogP) is 2.15. The summed E-state index contributed by atoms with van der Waals surface area (Å²) >= 11 is 5.49. The van der Waals surface area contributed by atoms with E-state index in [0.29, 0.717) is 5.56 Å². The van der Waals surface area contributed by atoms with E-state index in [0.717, 1.165) is 6.92 Å². The van der Waals surface area contributed by atoms with Crippen molar-refractivity contribution in [3.05, 3.63) is 35.9 Å². The molecule has 0 aliphatic carbocycles. The zero-order valence-corrected chi connectivity index (χ0v) is 8.27. The first kappa shape index (κ1) is 12.4. The van der Waals surface area contributed by atoms with Crippen LogP contribution in [0.2, 0.25) is 0 Å². The monoisotopic (exact) mass is 215 g/mol. The highest BCUT2D eigenvalue weighted by molar-refractivity contribution is 6.69. The van der Waals surface area contributed by atoms with E-state index in [9.17, 15) is 0 Å². The summed E-state index contributed by atoms with van der Waals surface area (Å²) in [6, 6.07) is 9.04. The molecule has 0 heterocycles. The molecule has 0 aliphatic heterocycles. The number of aliphatic carboxylic acids is 1. The number of carboxylic acid groups (broad SMARTS) is 1. The first-order valence-electron chi connectivity index (χ1n) is 3.70. The van der Waals surface area contributed by atoms with Crippen molar-refractivity contribution in [1.29, 1.82) is 0 Å². The number of hydrogen-bond acceptors (Lipinski definition) is 3. The number of oxime groups is 1. The Hall–Kier alpha value is -1.55. The molecule has 0 atom stereocenters. The second-order valence-corrected chi connectivity index (χ2v) is 2.63. The summed E-state index contributed by atoms with van der Waals surface area (Å²) in [5, 5.41) is 18.6. The topological polar surface area (TPSA) is 69.9 Å². The van der Waals surface area contributed by atoms with Crippen LogP contribution in [0.1, 0.15) is 12.5 Å². The van der Waals surface area contributed by atoms with Gasteiger partial charge in [-0.15, -0.1) is 0 Å². The van der Waals surface area contributed by atoms with Crippen molar-refractivity contribution >= 4 is 22.7 Å². The molecule has 76 valence electrons. The summed E-state index contributed by atoms with van der Waals surface area (Å²) in [4.78, 5) is 9.00. The van der Waals surface area contributed by atoms with Gasteiger partial charge in [0.05, 0.1) is 0 Å². The van der Waals surface area contributed by atoms with Crippen LogP contribution in [-0.4, -0.2) is 21.5 Å². The molecule has 0 saturated heterocycles. The molecular formula is C9H10ClNO3. The van der Waals surface area contributed by atoms with Crippen LogP contribution in [0.15, 0.2) is 35.5 Å². The zero-order valence-electron chi connectivity index (χ0n) is 7.51. The quantitative estimate of drug-likeness (QED) is 0.428. The van der Waals surface area contributed by atoms with Gasteiger partial charge >= 0.3 is 0 Å². The number of carboxylic acids is 1. The van der Waals surface area contributed by atoms with Gasteiger partial charge in [0, 0.05) is 12.5 Å². The molecule has 0 saturated carbocycles. The van der Waals surface area contributed by atoms with Crippen LogP contribution >= 0.6 is 11.6 Å². The van der Waals surface area contributed by atoms with Gasteiger partial charge in [-0.2, -0.15) is 0 Å². The molecule has 0 spiro atoms. The van der Waals surface area contributed by atoms with Crippen molar-refractivity contribution in [3.63, 3.8) is 0 Å². The number of benzene rings is 1. The average Bonchev–Trinajstić information content (AvgIpc) is 2.17. The van der Waals surface area contributed by atoms with Crippen molar-refractivity contribution in [2.24, 2.45) is 5.16 Å². The van der Waals surface area contributed by atoms with E-state index in [-0.39, 0.29) is 5.17 Å². The van der Waals surface area contributed by atoms with E-state index < -0.39 is 5.97 Å². The Balaban J connectivity index is 0.000000364. The molecule has 0 fully saturated rings. The Labute approximate surface area is 86.4 Å². The van der Waals surface area contributed by atoms with E-state index >= 15 is 0 Å². The molecule has 1 rings (SSSR count). The molecule has 0 amide bonds. The van der Waals surface area contributed by atoms with Gasteiger partial charge in [-0.25, -0.2) is 0 Å². The van der Waals surface area contributed by atoms with E-state index in [1.165, 1.54) is 0 Å². The van der Waals surface area contributed by atoms with Crippen LogP contribution < -0.4 is 0 Å². The van der Waals surface area contributed by atoms with Crippen molar-refractivity contribution < 1.29 is 15.1 Å². The summed E-state index contributed by atoms with van der Waals surface area (Å²) in [7, 11) is 0. The molecule has 5 heteroatoms. The molecular weight excluding hydrogens is 206 g/mol. The zero-order chi connectivity index (χ0) is 11.0. The molecule has 0 bridgehead atoms. The largest absolute Gasteiger partial charge is 0.481 e. The lowest BCUT2D eigenvalue weighted by Gasteiger charge is -1.91. The van der Waals surface area contributed by atoms with Crippen LogP contribution in [0.4, 0.5) is 0 Å². The summed E-state index contributed by atoms with van der Waals surface area (Å²) < 4.78 is 0. The minimum atomic E-state index is -0.833. The fourth-order valence-corrected chi connectivity index (χ4v) is 0.759. The molecule has 4 nitrogen and oxygen atoms in total. The van der Waals surface area contributed by atoms with Gasteiger partial charge in [0.15, 0.2) is 5.17 Å². The van der Waals surface area contributed by atoms with Crippen LogP contribution in [0.5, 0.6) is 0 Å². The maximum atomic E-state index is 9.00. The second-order valence-electron chi connectivity index (χ2n) is 2.28. The maximum absolute atomic E-state index is 9.00.